The molecule has 4 heteroatoms. The summed E-state index contributed by atoms with van der Waals surface area (Å²) in [5.41, 5.74) is 0.424. The number of hydrogen-bond donors (Lipinski definition) is 0. The number of carbonyl (C=O) groups excluding carboxylic acids is 1. The van der Waals surface area contributed by atoms with Gasteiger partial charge in [-0.1, -0.05) is 0 Å². The van der Waals surface area contributed by atoms with Crippen LogP contribution in [-0.2, 0) is 9.53 Å². The maximum atomic E-state index is 12.8. The Morgan fingerprint density at radius 2 is 1.79 bits per heavy atom. The van der Waals surface area contributed by atoms with Crippen molar-refractivity contribution in [2.75, 3.05) is 6.61 Å². The van der Waals surface area contributed by atoms with Crippen LogP contribution in [0.25, 0.3) is 5.57 Å². The standard InChI is InChI=1S/C10H6F2O2/c11-7-3-6(4-8(12)5-7)9-1-2-14-10(9)13/h1,3-5H,2H2. The quantitative estimate of drug-likeness (QED) is 0.641. The molecule has 0 amide bonds. The van der Waals surface area contributed by atoms with Crippen molar-refractivity contribution < 1.29 is 18.3 Å². The maximum Gasteiger partial charge on any atom is 0.338 e. The zero-order valence-electron chi connectivity index (χ0n) is 7.09. The Balaban J connectivity index is 2.46. The van der Waals surface area contributed by atoms with E-state index >= 15 is 0 Å². The monoisotopic (exact) mass is 196 g/mol. The van der Waals surface area contributed by atoms with Crippen LogP contribution in [0.3, 0.4) is 0 Å². The third kappa shape index (κ3) is 1.51. The van der Waals surface area contributed by atoms with E-state index in [0.29, 0.717) is 0 Å². The molecule has 1 aliphatic heterocycles. The van der Waals surface area contributed by atoms with Gasteiger partial charge in [-0.05, 0) is 23.8 Å². The Hall–Kier alpha value is -1.71. The summed E-state index contributed by atoms with van der Waals surface area (Å²) in [6, 6.07) is 2.95. The highest BCUT2D eigenvalue weighted by Gasteiger charge is 2.19. The average Bonchev–Trinajstić information content (AvgIpc) is 2.49. The van der Waals surface area contributed by atoms with E-state index in [1.165, 1.54) is 6.08 Å². The van der Waals surface area contributed by atoms with Crippen LogP contribution in [0.15, 0.2) is 24.3 Å². The Morgan fingerprint density at radius 3 is 2.29 bits per heavy atom. The van der Waals surface area contributed by atoms with Crippen LogP contribution in [-0.4, -0.2) is 12.6 Å². The average molecular weight is 196 g/mol. The second-order valence-corrected chi connectivity index (χ2v) is 2.87. The first-order valence-corrected chi connectivity index (χ1v) is 4.00. The third-order valence-electron chi connectivity index (χ3n) is 1.90. The molecule has 0 bridgehead atoms. The van der Waals surface area contributed by atoms with E-state index in [4.69, 9.17) is 0 Å². The van der Waals surface area contributed by atoms with Crippen molar-refractivity contribution in [3.8, 4) is 0 Å². The number of rotatable bonds is 1. The maximum absolute atomic E-state index is 12.8. The first-order valence-electron chi connectivity index (χ1n) is 4.00. The van der Waals surface area contributed by atoms with Gasteiger partial charge in [-0.3, -0.25) is 0 Å². The van der Waals surface area contributed by atoms with Crippen molar-refractivity contribution in [2.45, 2.75) is 0 Å². The highest BCUT2D eigenvalue weighted by atomic mass is 19.1. The van der Waals surface area contributed by atoms with Gasteiger partial charge in [0.05, 0.1) is 5.57 Å². The minimum absolute atomic E-state index is 0.159. The lowest BCUT2D eigenvalue weighted by atomic mass is 10.1. The molecule has 72 valence electrons. The molecule has 1 aliphatic rings. The molecule has 0 aliphatic carbocycles. The van der Waals surface area contributed by atoms with E-state index in [9.17, 15) is 13.6 Å². The van der Waals surface area contributed by atoms with E-state index in [2.05, 4.69) is 4.74 Å². The number of benzene rings is 1. The van der Waals surface area contributed by atoms with Gasteiger partial charge in [0.1, 0.15) is 18.2 Å². The molecule has 2 nitrogen and oxygen atoms in total. The number of ether oxygens (including phenoxy) is 1. The highest BCUT2D eigenvalue weighted by Crippen LogP contribution is 2.22. The van der Waals surface area contributed by atoms with Crippen LogP contribution in [0.2, 0.25) is 0 Å². The zero-order chi connectivity index (χ0) is 10.1. The lowest BCUT2D eigenvalue weighted by molar-refractivity contribution is -0.133. The van der Waals surface area contributed by atoms with E-state index in [0.717, 1.165) is 18.2 Å². The van der Waals surface area contributed by atoms with Gasteiger partial charge in [0, 0.05) is 6.07 Å². The molecule has 0 radical (unpaired) electrons. The smallest absolute Gasteiger partial charge is 0.338 e. The lowest BCUT2D eigenvalue weighted by Crippen LogP contribution is -1.99. The van der Waals surface area contributed by atoms with Crippen LogP contribution in [0.4, 0.5) is 8.78 Å². The Labute approximate surface area is 78.8 Å². The number of esters is 1. The lowest BCUT2D eigenvalue weighted by Gasteiger charge is -2.00. The Morgan fingerprint density at radius 1 is 1.14 bits per heavy atom. The fraction of sp³-hybridized carbons (Fsp3) is 0.100. The second-order valence-electron chi connectivity index (χ2n) is 2.87. The van der Waals surface area contributed by atoms with Gasteiger partial charge in [-0.15, -0.1) is 0 Å². The first kappa shape index (κ1) is 8.87. The van der Waals surface area contributed by atoms with Gasteiger partial charge in [0.2, 0.25) is 0 Å². The summed E-state index contributed by atoms with van der Waals surface area (Å²) in [6.07, 6.45) is 1.50. The second kappa shape index (κ2) is 3.21. The number of hydrogen-bond acceptors (Lipinski definition) is 2. The van der Waals surface area contributed by atoms with Crippen molar-refractivity contribution >= 4 is 11.5 Å². The van der Waals surface area contributed by atoms with Crippen molar-refractivity contribution in [3.63, 3.8) is 0 Å². The molecule has 0 saturated heterocycles. The molecule has 0 unspecified atom stereocenters. The molecule has 1 aromatic rings. The molecular weight excluding hydrogens is 190 g/mol. The highest BCUT2D eigenvalue weighted by molar-refractivity contribution is 6.18. The summed E-state index contributed by atoms with van der Waals surface area (Å²) >= 11 is 0. The Kier molecular flexibility index (Phi) is 2.04. The first-order chi connectivity index (χ1) is 6.66. The zero-order valence-corrected chi connectivity index (χ0v) is 7.09. The number of cyclic esters (lactones) is 1. The normalized spacial score (nSPS) is 15.3. The molecule has 0 saturated carbocycles. The van der Waals surface area contributed by atoms with Gasteiger partial charge in [0.15, 0.2) is 0 Å². The summed E-state index contributed by atoms with van der Waals surface area (Å²) in [5.74, 6) is -1.96. The molecule has 1 aromatic carbocycles. The van der Waals surface area contributed by atoms with Crippen LogP contribution < -0.4 is 0 Å². The predicted octanol–water partition coefficient (Wildman–Crippen LogP) is 1.91. The largest absolute Gasteiger partial charge is 0.458 e. The van der Waals surface area contributed by atoms with Gasteiger partial charge < -0.3 is 4.74 Å². The van der Waals surface area contributed by atoms with Crippen LogP contribution in [0.1, 0.15) is 5.56 Å². The van der Waals surface area contributed by atoms with E-state index in [1.54, 1.807) is 0 Å². The molecule has 0 atom stereocenters. The molecule has 0 fully saturated rings. The molecule has 14 heavy (non-hydrogen) atoms. The van der Waals surface area contributed by atoms with Crippen LogP contribution >= 0.6 is 0 Å². The van der Waals surface area contributed by atoms with Gasteiger partial charge in [0.25, 0.3) is 0 Å². The summed E-state index contributed by atoms with van der Waals surface area (Å²) < 4.78 is 30.2. The minimum atomic E-state index is -0.708. The molecule has 1 heterocycles. The number of carbonyl (C=O) groups is 1. The summed E-state index contributed by atoms with van der Waals surface area (Å²) in [7, 11) is 0. The predicted molar refractivity (Wildman–Crippen MR) is 45.3 cm³/mol. The molecule has 0 aromatic heterocycles. The van der Waals surface area contributed by atoms with Gasteiger partial charge in [-0.25, -0.2) is 13.6 Å². The van der Waals surface area contributed by atoms with E-state index < -0.39 is 17.6 Å². The van der Waals surface area contributed by atoms with Crippen LogP contribution in [0.5, 0.6) is 0 Å². The fourth-order valence-electron chi connectivity index (χ4n) is 1.31. The van der Waals surface area contributed by atoms with Crippen molar-refractivity contribution in [1.82, 2.24) is 0 Å². The van der Waals surface area contributed by atoms with Gasteiger partial charge >= 0.3 is 5.97 Å². The van der Waals surface area contributed by atoms with E-state index in [1.807, 2.05) is 0 Å². The number of halogens is 2. The van der Waals surface area contributed by atoms with Crippen molar-refractivity contribution in [2.24, 2.45) is 0 Å². The SMILES string of the molecule is O=C1OCC=C1c1cc(F)cc(F)c1. The Bertz CT molecular complexity index is 404. The third-order valence-corrected chi connectivity index (χ3v) is 1.90. The topological polar surface area (TPSA) is 26.3 Å². The summed E-state index contributed by atoms with van der Waals surface area (Å²) in [6.45, 7) is 0.159. The molecular formula is C10H6F2O2. The van der Waals surface area contributed by atoms with Crippen LogP contribution in [0, 0.1) is 11.6 Å². The van der Waals surface area contributed by atoms with E-state index in [-0.39, 0.29) is 17.7 Å². The minimum Gasteiger partial charge on any atom is -0.458 e. The summed E-state index contributed by atoms with van der Waals surface area (Å²) in [5, 5.41) is 0. The molecule has 2 rings (SSSR count). The fourth-order valence-corrected chi connectivity index (χ4v) is 1.31. The molecule has 0 spiro atoms. The van der Waals surface area contributed by atoms with Crippen molar-refractivity contribution in [1.29, 1.82) is 0 Å². The van der Waals surface area contributed by atoms with Crippen molar-refractivity contribution in [3.05, 3.63) is 41.5 Å². The summed E-state index contributed by atoms with van der Waals surface area (Å²) in [4.78, 5) is 11.1. The molecule has 0 N–H and O–H groups in total. The van der Waals surface area contributed by atoms with Gasteiger partial charge in [-0.2, -0.15) is 0 Å².